The van der Waals surface area contributed by atoms with Gasteiger partial charge in [0, 0.05) is 36.6 Å². The zero-order valence-corrected chi connectivity index (χ0v) is 33.1. The highest BCUT2D eigenvalue weighted by molar-refractivity contribution is 5.89. The lowest BCUT2D eigenvalue weighted by Crippen LogP contribution is -2.42. The second kappa shape index (κ2) is 16.6. The van der Waals surface area contributed by atoms with Crippen molar-refractivity contribution in [2.45, 2.75) is 49.9 Å². The Labute approximate surface area is 349 Å². The average molecular weight is 819 g/mol. The molecule has 4 aromatic heterocycles. The van der Waals surface area contributed by atoms with Gasteiger partial charge in [0.25, 0.3) is 5.91 Å². The molecular formula is C45H42N10O6. The van der Waals surface area contributed by atoms with Gasteiger partial charge >= 0.3 is 12.2 Å². The van der Waals surface area contributed by atoms with Crippen LogP contribution in [0.5, 0.6) is 0 Å². The molecule has 0 aliphatic carbocycles. The van der Waals surface area contributed by atoms with E-state index in [-0.39, 0.29) is 23.9 Å². The lowest BCUT2D eigenvalue weighted by Gasteiger charge is -2.29. The molecule has 16 nitrogen and oxygen atoms in total. The maximum absolute atomic E-state index is 14.0. The zero-order valence-electron chi connectivity index (χ0n) is 33.1. The van der Waals surface area contributed by atoms with E-state index in [1.165, 1.54) is 7.11 Å². The van der Waals surface area contributed by atoms with Crippen molar-refractivity contribution in [3.63, 3.8) is 0 Å². The molecule has 6 heterocycles. The predicted octanol–water partition coefficient (Wildman–Crippen LogP) is 7.00. The second-order valence-electron chi connectivity index (χ2n) is 15.2. The third kappa shape index (κ3) is 7.82. The minimum atomic E-state index is -1.27. The third-order valence-electron chi connectivity index (χ3n) is 11.5. The van der Waals surface area contributed by atoms with Crippen LogP contribution in [-0.4, -0.2) is 89.0 Å². The third-order valence-corrected chi connectivity index (χ3v) is 11.5. The highest BCUT2D eigenvalue weighted by Gasteiger charge is 2.38. The van der Waals surface area contributed by atoms with Crippen molar-refractivity contribution in [1.29, 1.82) is 0 Å². The summed E-state index contributed by atoms with van der Waals surface area (Å²) >= 11 is 0. The van der Waals surface area contributed by atoms with Gasteiger partial charge in [-0.15, -0.1) is 0 Å². The van der Waals surface area contributed by atoms with E-state index in [4.69, 9.17) is 14.7 Å². The summed E-state index contributed by atoms with van der Waals surface area (Å²) in [6.07, 6.45) is 4.56. The fraction of sp³-hybridized carbons (Fsp3) is 0.244. The van der Waals surface area contributed by atoms with Crippen molar-refractivity contribution in [3.05, 3.63) is 132 Å². The van der Waals surface area contributed by atoms with E-state index in [0.717, 1.165) is 52.5 Å². The van der Waals surface area contributed by atoms with E-state index in [9.17, 15) is 24.3 Å². The number of amides is 4. The first kappa shape index (κ1) is 38.9. The fourth-order valence-electron chi connectivity index (χ4n) is 8.48. The van der Waals surface area contributed by atoms with Gasteiger partial charge < -0.3 is 40.2 Å². The van der Waals surface area contributed by atoms with Gasteiger partial charge in [-0.1, -0.05) is 84.9 Å². The molecule has 4 amide bonds. The topological polar surface area (TPSA) is 211 Å². The number of carboxylic acid groups (broad SMARTS) is 1. The normalized spacial score (nSPS) is 17.3. The van der Waals surface area contributed by atoms with Crippen LogP contribution in [-0.2, 0) is 14.3 Å². The number of nitrogens with zero attached hydrogens (tertiary/aromatic N) is 6. The Bertz CT molecular complexity index is 2740. The SMILES string of the molecule is COC(=O)N[C@@H](C(=O)N1CCCC1c1cnc2nc(-c3ccc(-c4cnc5nc([C@@H]6CCCN6C(=O)[C@H](NC(=O)O)c6ccccc6)[nH]c5c4)cc3)[nH]c2c1)c1ccccc1. The molecule has 16 heteroatoms. The number of hydrogen-bond donors (Lipinski definition) is 5. The Morgan fingerprint density at radius 2 is 1.26 bits per heavy atom. The molecule has 7 aromatic rings. The maximum Gasteiger partial charge on any atom is 0.407 e. The van der Waals surface area contributed by atoms with Crippen LogP contribution in [0.2, 0.25) is 0 Å². The summed E-state index contributed by atoms with van der Waals surface area (Å²) in [5.41, 5.74) is 7.29. The number of hydrogen-bond acceptors (Lipinski definition) is 9. The number of aromatic amines is 2. The van der Waals surface area contributed by atoms with Crippen molar-refractivity contribution >= 4 is 46.3 Å². The molecule has 61 heavy (non-hydrogen) atoms. The Balaban J connectivity index is 0.911. The second-order valence-corrected chi connectivity index (χ2v) is 15.2. The van der Waals surface area contributed by atoms with Crippen LogP contribution in [0.15, 0.2) is 109 Å². The number of ether oxygens (including phenoxy) is 1. The number of carbonyl (C=O) groups excluding carboxylic acids is 3. The number of H-pyrrole nitrogens is 2. The largest absolute Gasteiger partial charge is 0.465 e. The number of alkyl carbamates (subject to hydrolysis) is 1. The number of imidazole rings is 2. The van der Waals surface area contributed by atoms with E-state index in [1.54, 1.807) is 46.5 Å². The number of fused-ring (bicyclic) bond motifs is 2. The van der Waals surface area contributed by atoms with Crippen LogP contribution < -0.4 is 10.6 Å². The highest BCUT2D eigenvalue weighted by atomic mass is 16.5. The highest BCUT2D eigenvalue weighted by Crippen LogP contribution is 2.37. The standard InChI is InChI=1S/C45H42N10O6/c1-61-45(60)51-37(28-12-6-3-7-13-28)43(57)54-20-8-14-34(54)31-23-33-39(47-25-31)52-38(48-33)29-18-16-26(17-19-29)30-22-32-40(46-24-30)53-41(49-32)35-15-9-21-55(35)42(56)36(50-44(58)59)27-10-4-2-5-11-27/h2-7,10-13,16-19,22-25,34-37,50H,8-9,14-15,20-21H2,1H3,(H,51,60)(H,58,59)(H,46,49,53)(H,47,48,52)/t34?,35-,36+,37+/m0/s1. The van der Waals surface area contributed by atoms with Gasteiger partial charge in [0.1, 0.15) is 23.7 Å². The summed E-state index contributed by atoms with van der Waals surface area (Å²) in [6.45, 7) is 1.02. The van der Waals surface area contributed by atoms with Gasteiger partial charge in [0.05, 0.1) is 30.2 Å². The van der Waals surface area contributed by atoms with E-state index >= 15 is 0 Å². The van der Waals surface area contributed by atoms with Crippen LogP contribution in [0.25, 0.3) is 44.8 Å². The van der Waals surface area contributed by atoms with Crippen molar-refractivity contribution in [2.75, 3.05) is 20.2 Å². The molecule has 5 N–H and O–H groups in total. The summed E-state index contributed by atoms with van der Waals surface area (Å²) in [5.74, 6) is 0.696. The summed E-state index contributed by atoms with van der Waals surface area (Å²) in [7, 11) is 1.27. The van der Waals surface area contributed by atoms with E-state index < -0.39 is 24.3 Å². The molecule has 1 unspecified atom stereocenters. The number of benzene rings is 3. The molecule has 3 aromatic carbocycles. The van der Waals surface area contributed by atoms with E-state index in [0.29, 0.717) is 53.6 Å². The lowest BCUT2D eigenvalue weighted by atomic mass is 10.0. The van der Waals surface area contributed by atoms with Gasteiger partial charge in [-0.25, -0.2) is 29.5 Å². The number of nitrogens with one attached hydrogen (secondary N) is 4. The van der Waals surface area contributed by atoms with Crippen LogP contribution in [0.3, 0.4) is 0 Å². The minimum absolute atomic E-state index is 0.219. The van der Waals surface area contributed by atoms with Crippen molar-refractivity contribution in [3.8, 4) is 22.5 Å². The molecule has 2 aliphatic heterocycles. The molecule has 308 valence electrons. The molecule has 0 spiro atoms. The number of pyridine rings is 2. The van der Waals surface area contributed by atoms with Crippen molar-refractivity contribution in [1.82, 2.24) is 50.3 Å². The maximum atomic E-state index is 14.0. The number of likely N-dealkylation sites (tertiary alicyclic amines) is 2. The number of carbonyl (C=O) groups is 4. The van der Waals surface area contributed by atoms with Gasteiger partial charge in [0.2, 0.25) is 5.91 Å². The Kier molecular flexibility index (Phi) is 10.6. The molecular weight excluding hydrogens is 777 g/mol. The van der Waals surface area contributed by atoms with Gasteiger partial charge in [-0.3, -0.25) is 9.59 Å². The number of aromatic nitrogens is 6. The Hall–Kier alpha value is -7.62. The number of methoxy groups -OCH3 is 1. The summed E-state index contributed by atoms with van der Waals surface area (Å²) < 4.78 is 4.84. The van der Waals surface area contributed by atoms with E-state index in [2.05, 4.69) is 30.6 Å². The van der Waals surface area contributed by atoms with Gasteiger partial charge in [0.15, 0.2) is 11.3 Å². The monoisotopic (exact) mass is 818 g/mol. The summed E-state index contributed by atoms with van der Waals surface area (Å²) in [4.78, 5) is 80.8. The first-order valence-electron chi connectivity index (χ1n) is 20.1. The zero-order chi connectivity index (χ0) is 42.0. The quantitative estimate of drug-likeness (QED) is 0.0954. The first-order valence-corrected chi connectivity index (χ1v) is 20.1. The van der Waals surface area contributed by atoms with E-state index in [1.807, 2.05) is 72.8 Å². The molecule has 0 radical (unpaired) electrons. The summed E-state index contributed by atoms with van der Waals surface area (Å²) in [6, 6.07) is 27.4. The predicted molar refractivity (Wildman–Crippen MR) is 225 cm³/mol. The average Bonchev–Trinajstić information content (AvgIpc) is 4.13. The fourth-order valence-corrected chi connectivity index (χ4v) is 8.48. The van der Waals surface area contributed by atoms with Crippen LogP contribution >= 0.6 is 0 Å². The van der Waals surface area contributed by atoms with Gasteiger partial charge in [-0.2, -0.15) is 0 Å². The lowest BCUT2D eigenvalue weighted by molar-refractivity contribution is -0.135. The minimum Gasteiger partial charge on any atom is -0.465 e. The molecule has 2 aliphatic rings. The molecule has 0 saturated carbocycles. The molecule has 0 bridgehead atoms. The van der Waals surface area contributed by atoms with Crippen LogP contribution in [0.1, 0.15) is 72.4 Å². The molecule has 9 rings (SSSR count). The van der Waals surface area contributed by atoms with Crippen molar-refractivity contribution in [2.24, 2.45) is 0 Å². The number of rotatable bonds is 10. The van der Waals surface area contributed by atoms with Gasteiger partial charge in [-0.05, 0) is 60.1 Å². The smallest absolute Gasteiger partial charge is 0.407 e. The Morgan fingerprint density at radius 3 is 1.92 bits per heavy atom. The molecule has 2 fully saturated rings. The molecule has 4 atom stereocenters. The first-order chi connectivity index (χ1) is 29.7. The molecule has 2 saturated heterocycles. The van der Waals surface area contributed by atoms with Crippen LogP contribution in [0, 0.1) is 0 Å². The summed E-state index contributed by atoms with van der Waals surface area (Å²) in [5, 5.41) is 14.6. The van der Waals surface area contributed by atoms with Crippen LogP contribution in [0.4, 0.5) is 9.59 Å². The Morgan fingerprint density at radius 1 is 0.689 bits per heavy atom. The van der Waals surface area contributed by atoms with Crippen molar-refractivity contribution < 1.29 is 29.0 Å².